The van der Waals surface area contributed by atoms with Crippen molar-refractivity contribution >= 4 is 5.91 Å². The molecule has 0 aromatic heterocycles. The summed E-state index contributed by atoms with van der Waals surface area (Å²) in [4.78, 5) is 11.2. The molecule has 3 nitrogen and oxygen atoms in total. The first-order chi connectivity index (χ1) is 5.86. The van der Waals surface area contributed by atoms with Crippen LogP contribution in [0.4, 0.5) is 0 Å². The van der Waals surface area contributed by atoms with Crippen molar-refractivity contribution in [2.45, 2.75) is 31.8 Å². The fraction of sp³-hybridized carbons (Fsp3) is 0.889. The molecule has 0 bridgehead atoms. The highest BCUT2D eigenvalue weighted by molar-refractivity contribution is 5.80. The summed E-state index contributed by atoms with van der Waals surface area (Å²) in [6.07, 6.45) is 4.69. The lowest BCUT2D eigenvalue weighted by Gasteiger charge is -2.09. The number of nitrogens with one attached hydrogen (secondary N) is 1. The average Bonchev–Trinajstić information content (AvgIpc) is 2.80. The number of amides is 1. The Morgan fingerprint density at radius 2 is 2.25 bits per heavy atom. The minimum Gasteiger partial charge on any atom is -0.376 e. The predicted molar refractivity (Wildman–Crippen MR) is 44.7 cm³/mol. The molecule has 1 amide bonds. The molecule has 1 heterocycles. The van der Waals surface area contributed by atoms with Gasteiger partial charge in [-0.2, -0.15) is 0 Å². The lowest BCUT2D eigenvalue weighted by Crippen LogP contribution is -2.32. The summed E-state index contributed by atoms with van der Waals surface area (Å²) in [5.41, 5.74) is 0. The van der Waals surface area contributed by atoms with Crippen LogP contribution < -0.4 is 5.32 Å². The number of carbonyl (C=O) groups excluding carboxylic acids is 1. The third-order valence-electron chi connectivity index (χ3n) is 2.48. The summed E-state index contributed by atoms with van der Waals surface area (Å²) >= 11 is 0. The van der Waals surface area contributed by atoms with Gasteiger partial charge in [-0.05, 0) is 25.7 Å². The topological polar surface area (TPSA) is 38.3 Å². The van der Waals surface area contributed by atoms with Gasteiger partial charge < -0.3 is 10.1 Å². The average molecular weight is 169 g/mol. The van der Waals surface area contributed by atoms with Crippen LogP contribution in [-0.4, -0.2) is 25.2 Å². The molecule has 12 heavy (non-hydrogen) atoms. The lowest BCUT2D eigenvalue weighted by molar-refractivity contribution is -0.122. The summed E-state index contributed by atoms with van der Waals surface area (Å²) in [5.74, 6) is 0.553. The Bertz CT molecular complexity index is 171. The van der Waals surface area contributed by atoms with Gasteiger partial charge in [-0.1, -0.05) is 0 Å². The van der Waals surface area contributed by atoms with Gasteiger partial charge in [0.2, 0.25) is 5.91 Å². The van der Waals surface area contributed by atoms with Gasteiger partial charge >= 0.3 is 0 Å². The molecule has 1 saturated heterocycles. The Hall–Kier alpha value is -0.570. The van der Waals surface area contributed by atoms with E-state index in [9.17, 15) is 4.79 Å². The summed E-state index contributed by atoms with van der Waals surface area (Å²) in [7, 11) is 0. The van der Waals surface area contributed by atoms with Crippen LogP contribution in [0.25, 0.3) is 0 Å². The number of carbonyl (C=O) groups is 1. The van der Waals surface area contributed by atoms with Crippen molar-refractivity contribution in [3.8, 4) is 0 Å². The van der Waals surface area contributed by atoms with Gasteiger partial charge in [-0.3, -0.25) is 4.79 Å². The van der Waals surface area contributed by atoms with Crippen molar-refractivity contribution in [1.29, 1.82) is 0 Å². The smallest absolute Gasteiger partial charge is 0.223 e. The molecule has 1 N–H and O–H groups in total. The van der Waals surface area contributed by atoms with Gasteiger partial charge in [0.15, 0.2) is 0 Å². The van der Waals surface area contributed by atoms with Crippen LogP contribution in [0.2, 0.25) is 0 Å². The fourth-order valence-corrected chi connectivity index (χ4v) is 1.51. The summed E-state index contributed by atoms with van der Waals surface area (Å²) in [5, 5.41) is 2.92. The summed E-state index contributed by atoms with van der Waals surface area (Å²) < 4.78 is 5.39. The van der Waals surface area contributed by atoms with E-state index in [1.165, 1.54) is 0 Å². The highest BCUT2D eigenvalue weighted by atomic mass is 16.5. The van der Waals surface area contributed by atoms with Crippen molar-refractivity contribution in [1.82, 2.24) is 5.32 Å². The molecule has 1 aliphatic heterocycles. The molecule has 2 fully saturated rings. The molecule has 2 rings (SSSR count). The molecule has 2 aliphatic rings. The van der Waals surface area contributed by atoms with Gasteiger partial charge in [0.25, 0.3) is 0 Å². The van der Waals surface area contributed by atoms with E-state index < -0.39 is 0 Å². The van der Waals surface area contributed by atoms with Gasteiger partial charge in [0, 0.05) is 19.1 Å². The third kappa shape index (κ3) is 1.97. The normalized spacial score (nSPS) is 28.8. The van der Waals surface area contributed by atoms with Crippen molar-refractivity contribution in [3.63, 3.8) is 0 Å². The maximum absolute atomic E-state index is 11.2. The molecular weight excluding hydrogens is 154 g/mol. The second kappa shape index (κ2) is 3.44. The van der Waals surface area contributed by atoms with E-state index in [0.717, 1.165) is 38.8 Å². The number of hydrogen-bond acceptors (Lipinski definition) is 2. The van der Waals surface area contributed by atoms with Crippen LogP contribution in [0, 0.1) is 5.92 Å². The van der Waals surface area contributed by atoms with Gasteiger partial charge in [0.05, 0.1) is 6.10 Å². The second-order valence-electron chi connectivity index (χ2n) is 3.65. The maximum Gasteiger partial charge on any atom is 0.223 e. The molecule has 1 atom stereocenters. The molecule has 0 unspecified atom stereocenters. The Balaban J connectivity index is 1.63. The van der Waals surface area contributed by atoms with E-state index in [1.54, 1.807) is 0 Å². The van der Waals surface area contributed by atoms with Gasteiger partial charge in [0.1, 0.15) is 0 Å². The SMILES string of the molecule is O=C(NC[C@@H]1CCCO1)C1CC1. The zero-order valence-electron chi connectivity index (χ0n) is 7.21. The summed E-state index contributed by atoms with van der Waals surface area (Å²) in [6, 6.07) is 0. The van der Waals surface area contributed by atoms with Crippen molar-refractivity contribution in [3.05, 3.63) is 0 Å². The first-order valence-corrected chi connectivity index (χ1v) is 4.75. The maximum atomic E-state index is 11.2. The highest BCUT2D eigenvalue weighted by Crippen LogP contribution is 2.28. The predicted octanol–water partition coefficient (Wildman–Crippen LogP) is 0.692. The molecule has 1 saturated carbocycles. The van der Waals surface area contributed by atoms with Gasteiger partial charge in [-0.15, -0.1) is 0 Å². The van der Waals surface area contributed by atoms with E-state index in [-0.39, 0.29) is 12.0 Å². The number of ether oxygens (including phenoxy) is 1. The largest absolute Gasteiger partial charge is 0.376 e. The van der Waals surface area contributed by atoms with Crippen LogP contribution >= 0.6 is 0 Å². The van der Waals surface area contributed by atoms with Crippen molar-refractivity contribution in [2.24, 2.45) is 5.92 Å². The van der Waals surface area contributed by atoms with E-state index in [0.29, 0.717) is 5.92 Å². The monoisotopic (exact) mass is 169 g/mol. The van der Waals surface area contributed by atoms with Crippen LogP contribution in [0.1, 0.15) is 25.7 Å². The molecule has 0 aromatic rings. The van der Waals surface area contributed by atoms with E-state index in [2.05, 4.69) is 5.32 Å². The molecule has 68 valence electrons. The standard InChI is InChI=1S/C9H15NO2/c11-9(7-3-4-7)10-6-8-2-1-5-12-8/h7-8H,1-6H2,(H,10,11)/t8-/m0/s1. The first kappa shape index (κ1) is 8.05. The van der Waals surface area contributed by atoms with Crippen LogP contribution in [-0.2, 0) is 9.53 Å². The van der Waals surface area contributed by atoms with Gasteiger partial charge in [-0.25, -0.2) is 0 Å². The van der Waals surface area contributed by atoms with E-state index >= 15 is 0 Å². The Kier molecular flexibility index (Phi) is 2.30. The van der Waals surface area contributed by atoms with Crippen LogP contribution in [0.5, 0.6) is 0 Å². The lowest BCUT2D eigenvalue weighted by atomic mass is 10.2. The molecule has 3 heteroatoms. The molecule has 1 aliphatic carbocycles. The fourth-order valence-electron chi connectivity index (χ4n) is 1.51. The minimum atomic E-state index is 0.227. The summed E-state index contributed by atoms with van der Waals surface area (Å²) in [6.45, 7) is 1.58. The quantitative estimate of drug-likeness (QED) is 0.675. The number of rotatable bonds is 3. The minimum absolute atomic E-state index is 0.227. The van der Waals surface area contributed by atoms with E-state index in [1.807, 2.05) is 0 Å². The Morgan fingerprint density at radius 1 is 1.42 bits per heavy atom. The number of hydrogen-bond donors (Lipinski definition) is 1. The highest BCUT2D eigenvalue weighted by Gasteiger charge is 2.29. The Morgan fingerprint density at radius 3 is 2.83 bits per heavy atom. The van der Waals surface area contributed by atoms with Crippen LogP contribution in [0.3, 0.4) is 0 Å². The zero-order valence-corrected chi connectivity index (χ0v) is 7.21. The molecule has 0 radical (unpaired) electrons. The van der Waals surface area contributed by atoms with Crippen molar-refractivity contribution < 1.29 is 9.53 Å². The van der Waals surface area contributed by atoms with Crippen LogP contribution in [0.15, 0.2) is 0 Å². The third-order valence-corrected chi connectivity index (χ3v) is 2.48. The second-order valence-corrected chi connectivity index (χ2v) is 3.65. The molecule has 0 spiro atoms. The van der Waals surface area contributed by atoms with Crippen molar-refractivity contribution in [2.75, 3.05) is 13.2 Å². The Labute approximate surface area is 72.5 Å². The first-order valence-electron chi connectivity index (χ1n) is 4.75. The molecule has 0 aromatic carbocycles. The zero-order chi connectivity index (χ0) is 8.39. The van der Waals surface area contributed by atoms with E-state index in [4.69, 9.17) is 4.74 Å². The molecular formula is C9H15NO2.